The summed E-state index contributed by atoms with van der Waals surface area (Å²) >= 11 is 6.36. The fraction of sp³-hybridized carbons (Fsp3) is 0.600. The van der Waals surface area contributed by atoms with Gasteiger partial charge in [0, 0.05) is 19.2 Å². The van der Waals surface area contributed by atoms with Gasteiger partial charge in [0.15, 0.2) is 4.34 Å². The SMILES string of the molecule is CC(O)C1CCN(S(=O)(=O)c2cc([N+](=O)[O-])c(Cl)s2)C1. The predicted molar refractivity (Wildman–Crippen MR) is 74.5 cm³/mol. The average molecular weight is 341 g/mol. The molecule has 0 spiro atoms. The molecule has 2 rings (SSSR count). The van der Waals surface area contributed by atoms with E-state index < -0.39 is 26.7 Å². The maximum absolute atomic E-state index is 12.4. The van der Waals surface area contributed by atoms with E-state index in [-0.39, 0.29) is 21.0 Å². The Hall–Kier alpha value is -0.740. The van der Waals surface area contributed by atoms with E-state index in [1.165, 1.54) is 4.31 Å². The van der Waals surface area contributed by atoms with Gasteiger partial charge in [-0.2, -0.15) is 4.31 Å². The van der Waals surface area contributed by atoms with Crippen molar-refractivity contribution in [1.29, 1.82) is 0 Å². The van der Waals surface area contributed by atoms with Crippen molar-refractivity contribution in [3.05, 3.63) is 20.5 Å². The van der Waals surface area contributed by atoms with Gasteiger partial charge in [-0.15, -0.1) is 11.3 Å². The second-order valence-corrected chi connectivity index (χ2v) is 8.45. The molecule has 0 aromatic carbocycles. The number of sulfonamides is 1. The number of nitro groups is 1. The number of rotatable bonds is 4. The number of aliphatic hydroxyl groups is 1. The summed E-state index contributed by atoms with van der Waals surface area (Å²) in [5, 5.41) is 20.2. The van der Waals surface area contributed by atoms with Gasteiger partial charge in [0.05, 0.1) is 11.0 Å². The summed E-state index contributed by atoms with van der Waals surface area (Å²) in [5.74, 6) is -0.116. The molecule has 1 saturated heterocycles. The van der Waals surface area contributed by atoms with E-state index in [1.54, 1.807) is 6.92 Å². The number of hydrogen-bond donors (Lipinski definition) is 1. The summed E-state index contributed by atoms with van der Waals surface area (Å²) in [4.78, 5) is 10.0. The first kappa shape index (κ1) is 15.6. The first-order chi connectivity index (χ1) is 9.23. The average Bonchev–Trinajstić information content (AvgIpc) is 2.94. The molecule has 20 heavy (non-hydrogen) atoms. The van der Waals surface area contributed by atoms with Crippen LogP contribution in [0.3, 0.4) is 0 Å². The Labute approximate surface area is 125 Å². The van der Waals surface area contributed by atoms with E-state index in [0.717, 1.165) is 6.07 Å². The maximum atomic E-state index is 12.4. The zero-order chi connectivity index (χ0) is 15.1. The van der Waals surface area contributed by atoms with E-state index in [1.807, 2.05) is 0 Å². The summed E-state index contributed by atoms with van der Waals surface area (Å²) in [6.45, 7) is 2.12. The van der Waals surface area contributed by atoms with Gasteiger partial charge in [-0.05, 0) is 19.3 Å². The third kappa shape index (κ3) is 2.82. The third-order valence-corrected chi connectivity index (χ3v) is 6.96. The van der Waals surface area contributed by atoms with Gasteiger partial charge in [-0.1, -0.05) is 11.6 Å². The molecule has 10 heteroatoms. The quantitative estimate of drug-likeness (QED) is 0.664. The van der Waals surface area contributed by atoms with Crippen LogP contribution >= 0.6 is 22.9 Å². The van der Waals surface area contributed by atoms with Gasteiger partial charge >= 0.3 is 0 Å². The summed E-state index contributed by atoms with van der Waals surface area (Å²) in [7, 11) is -3.79. The Kier molecular flexibility index (Phi) is 4.35. The fourth-order valence-electron chi connectivity index (χ4n) is 2.08. The smallest absolute Gasteiger partial charge is 0.300 e. The van der Waals surface area contributed by atoms with Crippen LogP contribution in [0.25, 0.3) is 0 Å². The number of hydrogen-bond acceptors (Lipinski definition) is 6. The largest absolute Gasteiger partial charge is 0.393 e. The molecular weight excluding hydrogens is 328 g/mol. The molecule has 112 valence electrons. The van der Waals surface area contributed by atoms with Gasteiger partial charge in [0.1, 0.15) is 4.21 Å². The monoisotopic (exact) mass is 340 g/mol. The van der Waals surface area contributed by atoms with Gasteiger partial charge < -0.3 is 5.11 Å². The molecule has 0 radical (unpaired) electrons. The van der Waals surface area contributed by atoms with Crippen molar-refractivity contribution in [2.24, 2.45) is 5.92 Å². The topological polar surface area (TPSA) is 101 Å². The molecule has 2 atom stereocenters. The maximum Gasteiger partial charge on any atom is 0.300 e. The van der Waals surface area contributed by atoms with E-state index >= 15 is 0 Å². The fourth-order valence-corrected chi connectivity index (χ4v) is 5.41. The van der Waals surface area contributed by atoms with Crippen LogP contribution in [0.2, 0.25) is 4.34 Å². The van der Waals surface area contributed by atoms with Crippen LogP contribution in [0.5, 0.6) is 0 Å². The van der Waals surface area contributed by atoms with Crippen LogP contribution in [0.15, 0.2) is 10.3 Å². The molecule has 1 aromatic heterocycles. The van der Waals surface area contributed by atoms with Crippen LogP contribution in [0, 0.1) is 16.0 Å². The Bertz CT molecular complexity index is 628. The first-order valence-corrected chi connectivity index (χ1v) is 8.49. The summed E-state index contributed by atoms with van der Waals surface area (Å²) in [6, 6.07) is 0.984. The molecule has 7 nitrogen and oxygen atoms in total. The van der Waals surface area contributed by atoms with Crippen molar-refractivity contribution in [3.8, 4) is 0 Å². The van der Waals surface area contributed by atoms with Crippen molar-refractivity contribution >= 4 is 38.6 Å². The highest BCUT2D eigenvalue weighted by molar-refractivity contribution is 7.91. The van der Waals surface area contributed by atoms with Crippen molar-refractivity contribution in [3.63, 3.8) is 0 Å². The molecule has 1 N–H and O–H groups in total. The van der Waals surface area contributed by atoms with Crippen molar-refractivity contribution < 1.29 is 18.4 Å². The van der Waals surface area contributed by atoms with Gasteiger partial charge in [-0.3, -0.25) is 10.1 Å². The van der Waals surface area contributed by atoms with Gasteiger partial charge in [0.25, 0.3) is 15.7 Å². The van der Waals surface area contributed by atoms with Crippen LogP contribution < -0.4 is 0 Å². The summed E-state index contributed by atoms with van der Waals surface area (Å²) in [6.07, 6.45) is -0.0191. The van der Waals surface area contributed by atoms with E-state index in [0.29, 0.717) is 24.3 Å². The lowest BCUT2D eigenvalue weighted by Crippen LogP contribution is -2.30. The Morgan fingerprint density at radius 3 is 2.75 bits per heavy atom. The molecule has 1 fully saturated rings. The first-order valence-electron chi connectivity index (χ1n) is 5.85. The van der Waals surface area contributed by atoms with Crippen LogP contribution in [-0.4, -0.2) is 41.9 Å². The standard InChI is InChI=1S/C10H13ClN2O5S2/c1-6(14)7-2-3-12(5-7)20(17,18)9-4-8(13(15)16)10(11)19-9/h4,6-7,14H,2-3,5H2,1H3. The Morgan fingerprint density at radius 1 is 1.65 bits per heavy atom. The normalized spacial score (nSPS) is 22.1. The number of nitrogens with zero attached hydrogens (tertiary/aromatic N) is 2. The van der Waals surface area contributed by atoms with Crippen LogP contribution in [-0.2, 0) is 10.0 Å². The molecule has 0 amide bonds. The molecule has 0 bridgehead atoms. The van der Waals surface area contributed by atoms with E-state index in [2.05, 4.69) is 0 Å². The van der Waals surface area contributed by atoms with Gasteiger partial charge in [-0.25, -0.2) is 8.42 Å². The summed E-state index contributed by atoms with van der Waals surface area (Å²) in [5.41, 5.74) is -0.401. The molecule has 0 saturated carbocycles. The number of thiophene rings is 1. The van der Waals surface area contributed by atoms with Crippen LogP contribution in [0.1, 0.15) is 13.3 Å². The highest BCUT2D eigenvalue weighted by Gasteiger charge is 2.36. The highest BCUT2D eigenvalue weighted by Crippen LogP contribution is 2.38. The molecule has 1 aliphatic rings. The van der Waals surface area contributed by atoms with Crippen LogP contribution in [0.4, 0.5) is 5.69 Å². The number of halogens is 1. The molecular formula is C10H13ClN2O5S2. The molecule has 2 heterocycles. The lowest BCUT2D eigenvalue weighted by Gasteiger charge is -2.16. The lowest BCUT2D eigenvalue weighted by atomic mass is 10.0. The second-order valence-electron chi connectivity index (χ2n) is 4.63. The summed E-state index contributed by atoms with van der Waals surface area (Å²) < 4.78 is 25.7. The molecule has 2 unspecified atom stereocenters. The minimum Gasteiger partial charge on any atom is -0.393 e. The molecule has 1 aromatic rings. The van der Waals surface area contributed by atoms with Crippen molar-refractivity contribution in [2.75, 3.05) is 13.1 Å². The van der Waals surface area contributed by atoms with Gasteiger partial charge in [0.2, 0.25) is 0 Å². The van der Waals surface area contributed by atoms with E-state index in [9.17, 15) is 23.6 Å². The highest BCUT2D eigenvalue weighted by atomic mass is 35.5. The Morgan fingerprint density at radius 2 is 2.30 bits per heavy atom. The molecule has 1 aliphatic heterocycles. The van der Waals surface area contributed by atoms with Crippen molar-refractivity contribution in [2.45, 2.75) is 23.7 Å². The predicted octanol–water partition coefficient (Wildman–Crippen LogP) is 1.70. The third-order valence-electron chi connectivity index (χ3n) is 3.31. The number of aliphatic hydroxyl groups excluding tert-OH is 1. The second kappa shape index (κ2) is 5.57. The minimum atomic E-state index is -3.79. The zero-order valence-corrected chi connectivity index (χ0v) is 12.9. The zero-order valence-electron chi connectivity index (χ0n) is 10.5. The minimum absolute atomic E-state index is 0.116. The molecule has 0 aliphatic carbocycles. The lowest BCUT2D eigenvalue weighted by molar-refractivity contribution is -0.384. The van der Waals surface area contributed by atoms with E-state index in [4.69, 9.17) is 11.6 Å². The van der Waals surface area contributed by atoms with Crippen molar-refractivity contribution in [1.82, 2.24) is 4.31 Å². The Balaban J connectivity index is 2.28.